The first-order valence-corrected chi connectivity index (χ1v) is 7.67. The van der Waals surface area contributed by atoms with Gasteiger partial charge in [-0.25, -0.2) is 0 Å². The molecule has 1 aromatic rings. The molecule has 0 saturated carbocycles. The number of aryl methyl sites for hydroxylation is 2. The third-order valence-corrected chi connectivity index (χ3v) is 3.84. The lowest BCUT2D eigenvalue weighted by molar-refractivity contribution is -0.138. The predicted molar refractivity (Wildman–Crippen MR) is 85.9 cm³/mol. The number of rotatable bonds is 4. The van der Waals surface area contributed by atoms with E-state index in [-0.39, 0.29) is 18.6 Å². The Labute approximate surface area is 132 Å². The van der Waals surface area contributed by atoms with Gasteiger partial charge in [-0.15, -0.1) is 0 Å². The van der Waals surface area contributed by atoms with E-state index in [2.05, 4.69) is 42.9 Å². The van der Waals surface area contributed by atoms with E-state index >= 15 is 0 Å². The molecule has 1 aromatic heterocycles. The number of likely N-dealkylation sites (tertiary alicyclic amines) is 1. The first-order valence-electron chi connectivity index (χ1n) is 7.67. The summed E-state index contributed by atoms with van der Waals surface area (Å²) < 4.78 is 0. The van der Waals surface area contributed by atoms with Crippen LogP contribution in [0.3, 0.4) is 0 Å². The van der Waals surface area contributed by atoms with Crippen LogP contribution in [0.1, 0.15) is 55.6 Å². The van der Waals surface area contributed by atoms with E-state index in [9.17, 15) is 9.59 Å². The summed E-state index contributed by atoms with van der Waals surface area (Å²) in [5.74, 6) is -0.993. The molecule has 0 aromatic carbocycles. The summed E-state index contributed by atoms with van der Waals surface area (Å²) in [7, 11) is 2.21. The second-order valence-corrected chi connectivity index (χ2v) is 5.86. The van der Waals surface area contributed by atoms with E-state index < -0.39 is 5.97 Å². The number of aromatic nitrogens is 1. The largest absolute Gasteiger partial charge is 0.481 e. The van der Waals surface area contributed by atoms with Gasteiger partial charge in [-0.3, -0.25) is 14.7 Å². The lowest BCUT2D eigenvalue weighted by atomic mass is 10.0. The van der Waals surface area contributed by atoms with Crippen molar-refractivity contribution in [3.05, 3.63) is 29.1 Å². The number of carbonyl (C=O) groups excluding carboxylic acids is 1. The van der Waals surface area contributed by atoms with Crippen LogP contribution in [-0.2, 0) is 9.59 Å². The molecule has 1 saturated heterocycles. The molecule has 2 heterocycles. The standard InChI is InChI=1S/C12H18N2.C5H8O3/c1-9-6-7-11(10(2)13-9)12-5-4-8-14(12)3;1-4(6)2-3-5(7)8/h6-7,12H,4-5,8H2,1-3H3;2-3H2,1H3,(H,7,8)/t12-;/m0./s1. The van der Waals surface area contributed by atoms with E-state index in [1.54, 1.807) is 0 Å². The van der Waals surface area contributed by atoms with E-state index in [1.807, 2.05) is 0 Å². The van der Waals surface area contributed by atoms with Gasteiger partial charge in [0.05, 0.1) is 6.42 Å². The molecule has 0 aliphatic carbocycles. The fourth-order valence-electron chi connectivity index (χ4n) is 2.64. The molecule has 0 amide bonds. The zero-order valence-electron chi connectivity index (χ0n) is 13.9. The number of carboxylic acids is 1. The molecule has 1 atom stereocenters. The molecule has 0 bridgehead atoms. The molecule has 2 rings (SSSR count). The highest BCUT2D eigenvalue weighted by Gasteiger charge is 2.23. The summed E-state index contributed by atoms with van der Waals surface area (Å²) >= 11 is 0. The van der Waals surface area contributed by atoms with Gasteiger partial charge in [0.2, 0.25) is 0 Å². The first kappa shape index (κ1) is 18.3. The van der Waals surface area contributed by atoms with Crippen LogP contribution in [0.5, 0.6) is 0 Å². The summed E-state index contributed by atoms with van der Waals surface area (Å²) in [6, 6.07) is 4.96. The summed E-state index contributed by atoms with van der Waals surface area (Å²) in [4.78, 5) is 26.8. The fraction of sp³-hybridized carbons (Fsp3) is 0.588. The van der Waals surface area contributed by atoms with Crippen molar-refractivity contribution in [2.24, 2.45) is 0 Å². The van der Waals surface area contributed by atoms with Crippen LogP contribution in [-0.4, -0.2) is 40.3 Å². The van der Waals surface area contributed by atoms with Crippen molar-refractivity contribution in [3.8, 4) is 0 Å². The number of pyridine rings is 1. The monoisotopic (exact) mass is 306 g/mol. The number of hydrogen-bond acceptors (Lipinski definition) is 4. The van der Waals surface area contributed by atoms with Crippen LogP contribution < -0.4 is 0 Å². The molecule has 122 valence electrons. The fourth-order valence-corrected chi connectivity index (χ4v) is 2.64. The van der Waals surface area contributed by atoms with Gasteiger partial charge >= 0.3 is 5.97 Å². The number of hydrogen-bond donors (Lipinski definition) is 1. The average molecular weight is 306 g/mol. The van der Waals surface area contributed by atoms with Crippen LogP contribution in [0.2, 0.25) is 0 Å². The van der Waals surface area contributed by atoms with Crippen molar-refractivity contribution in [1.82, 2.24) is 9.88 Å². The molecule has 1 aliphatic rings. The van der Waals surface area contributed by atoms with Gasteiger partial charge < -0.3 is 9.90 Å². The Kier molecular flexibility index (Phi) is 7.18. The maximum Gasteiger partial charge on any atom is 0.303 e. The highest BCUT2D eigenvalue weighted by Crippen LogP contribution is 2.31. The molecule has 1 N–H and O–H groups in total. The lowest BCUT2D eigenvalue weighted by Crippen LogP contribution is -2.18. The lowest BCUT2D eigenvalue weighted by Gasteiger charge is -2.21. The van der Waals surface area contributed by atoms with Crippen molar-refractivity contribution in [1.29, 1.82) is 0 Å². The zero-order chi connectivity index (χ0) is 16.7. The molecule has 5 heteroatoms. The van der Waals surface area contributed by atoms with E-state index in [4.69, 9.17) is 5.11 Å². The minimum atomic E-state index is -0.916. The second-order valence-electron chi connectivity index (χ2n) is 5.86. The molecule has 1 aliphatic heterocycles. The maximum absolute atomic E-state index is 10.1. The van der Waals surface area contributed by atoms with Gasteiger partial charge in [0.25, 0.3) is 0 Å². The molecule has 0 spiro atoms. The molecule has 1 fully saturated rings. The number of nitrogens with zero attached hydrogens (tertiary/aromatic N) is 2. The zero-order valence-corrected chi connectivity index (χ0v) is 13.9. The highest BCUT2D eigenvalue weighted by atomic mass is 16.4. The predicted octanol–water partition coefficient (Wildman–Crippen LogP) is 2.91. The number of carbonyl (C=O) groups is 2. The Hall–Kier alpha value is -1.75. The van der Waals surface area contributed by atoms with Gasteiger partial charge in [0.1, 0.15) is 5.78 Å². The topological polar surface area (TPSA) is 70.5 Å². The van der Waals surface area contributed by atoms with Crippen LogP contribution in [0.15, 0.2) is 12.1 Å². The molecule has 0 radical (unpaired) electrons. The van der Waals surface area contributed by atoms with Crippen molar-refractivity contribution >= 4 is 11.8 Å². The van der Waals surface area contributed by atoms with E-state index in [0.717, 1.165) is 5.69 Å². The molecule has 0 unspecified atom stereocenters. The first-order chi connectivity index (χ1) is 10.3. The normalized spacial score (nSPS) is 17.7. The van der Waals surface area contributed by atoms with Crippen molar-refractivity contribution in [3.63, 3.8) is 0 Å². The maximum atomic E-state index is 10.1. The van der Waals surface area contributed by atoms with Gasteiger partial charge in [0.15, 0.2) is 0 Å². The molecule has 22 heavy (non-hydrogen) atoms. The summed E-state index contributed by atoms with van der Waals surface area (Å²) in [6.07, 6.45) is 2.70. The minimum absolute atomic E-state index is 0.0463. The van der Waals surface area contributed by atoms with Gasteiger partial charge in [-0.1, -0.05) is 6.07 Å². The van der Waals surface area contributed by atoms with Crippen LogP contribution in [0.4, 0.5) is 0 Å². The van der Waals surface area contributed by atoms with Crippen LogP contribution in [0, 0.1) is 13.8 Å². The van der Waals surface area contributed by atoms with Crippen molar-refractivity contribution < 1.29 is 14.7 Å². The number of ketones is 1. The number of Topliss-reactive ketones (excluding diaryl/α,β-unsaturated/α-hetero) is 1. The summed E-state index contributed by atoms with van der Waals surface area (Å²) in [5.41, 5.74) is 3.73. The SMILES string of the molecule is CC(=O)CCC(=O)O.Cc1ccc([C@@H]2CCCN2C)c(C)n1. The Morgan fingerprint density at radius 2 is 2.00 bits per heavy atom. The van der Waals surface area contributed by atoms with Gasteiger partial charge in [-0.2, -0.15) is 0 Å². The Morgan fingerprint density at radius 1 is 1.32 bits per heavy atom. The van der Waals surface area contributed by atoms with Crippen LogP contribution in [0.25, 0.3) is 0 Å². The molecular formula is C17H26N2O3. The number of aliphatic carboxylic acids is 1. The Morgan fingerprint density at radius 3 is 2.41 bits per heavy atom. The van der Waals surface area contributed by atoms with Crippen LogP contribution >= 0.6 is 0 Å². The Balaban J connectivity index is 0.000000261. The van der Waals surface area contributed by atoms with Gasteiger partial charge in [0, 0.05) is 23.9 Å². The average Bonchev–Trinajstić information content (AvgIpc) is 2.83. The summed E-state index contributed by atoms with van der Waals surface area (Å²) in [6.45, 7) is 6.77. The van der Waals surface area contributed by atoms with Gasteiger partial charge in [-0.05, 0) is 58.8 Å². The highest BCUT2D eigenvalue weighted by molar-refractivity contribution is 5.80. The van der Waals surface area contributed by atoms with E-state index in [0.29, 0.717) is 6.04 Å². The third kappa shape index (κ3) is 5.93. The molecular weight excluding hydrogens is 280 g/mol. The van der Waals surface area contributed by atoms with E-state index in [1.165, 1.54) is 37.6 Å². The quantitative estimate of drug-likeness (QED) is 0.926. The molecule has 5 nitrogen and oxygen atoms in total. The second kappa shape index (κ2) is 8.63. The van der Waals surface area contributed by atoms with Crippen molar-refractivity contribution in [2.45, 2.75) is 52.5 Å². The minimum Gasteiger partial charge on any atom is -0.481 e. The Bertz CT molecular complexity index is 515. The smallest absolute Gasteiger partial charge is 0.303 e. The summed E-state index contributed by atoms with van der Waals surface area (Å²) in [5, 5.41) is 8.01. The van der Waals surface area contributed by atoms with Crippen molar-refractivity contribution in [2.75, 3.05) is 13.6 Å². The third-order valence-electron chi connectivity index (χ3n) is 3.84. The number of carboxylic acid groups (broad SMARTS) is 1.